The molecule has 2 aromatic carbocycles. The highest BCUT2D eigenvalue weighted by Gasteiger charge is 2.12. The monoisotopic (exact) mass is 476 g/mol. The fourth-order valence-electron chi connectivity index (χ4n) is 2.52. The van der Waals surface area contributed by atoms with Crippen molar-refractivity contribution in [2.75, 3.05) is 5.75 Å². The highest BCUT2D eigenvalue weighted by molar-refractivity contribution is 9.10. The van der Waals surface area contributed by atoms with E-state index >= 15 is 0 Å². The summed E-state index contributed by atoms with van der Waals surface area (Å²) in [5, 5.41) is 8.70. The number of hydrogen-bond acceptors (Lipinski definition) is 4. The van der Waals surface area contributed by atoms with Crippen LogP contribution in [0.4, 0.5) is 0 Å². The van der Waals surface area contributed by atoms with E-state index in [1.54, 1.807) is 4.68 Å². The van der Waals surface area contributed by atoms with Crippen LogP contribution in [0.2, 0.25) is 5.15 Å². The molecule has 0 saturated heterocycles. The Kier molecular flexibility index (Phi) is 7.30. The second-order valence-corrected chi connectivity index (χ2v) is 8.11. The summed E-state index contributed by atoms with van der Waals surface area (Å²) in [6.45, 7) is 1.91. The van der Waals surface area contributed by atoms with Gasteiger partial charge in [-0.25, -0.2) is 10.1 Å². The molecule has 0 unspecified atom stereocenters. The Labute approximate surface area is 181 Å². The molecule has 0 saturated carbocycles. The van der Waals surface area contributed by atoms with Gasteiger partial charge in [0.1, 0.15) is 0 Å². The number of aromatic nitrogens is 2. The van der Waals surface area contributed by atoms with E-state index in [0.717, 1.165) is 27.2 Å². The van der Waals surface area contributed by atoms with E-state index in [2.05, 4.69) is 31.6 Å². The van der Waals surface area contributed by atoms with Gasteiger partial charge in [0.05, 0.1) is 28.9 Å². The SMILES string of the molecule is Cc1c(/C=N\NC(=O)CSCc2ccccc2Br)c(Cl)nn1-c1ccccc1. The van der Waals surface area contributed by atoms with Crippen molar-refractivity contribution in [3.05, 3.63) is 81.0 Å². The number of nitrogens with one attached hydrogen (secondary N) is 1. The predicted molar refractivity (Wildman–Crippen MR) is 119 cm³/mol. The molecule has 0 spiro atoms. The van der Waals surface area contributed by atoms with Crippen LogP contribution in [-0.4, -0.2) is 27.7 Å². The Hall–Kier alpha value is -2.09. The second kappa shape index (κ2) is 9.91. The van der Waals surface area contributed by atoms with Gasteiger partial charge in [0.25, 0.3) is 0 Å². The third-order valence-electron chi connectivity index (χ3n) is 3.95. The lowest BCUT2D eigenvalue weighted by Crippen LogP contribution is -2.19. The average Bonchev–Trinajstić information content (AvgIpc) is 2.98. The summed E-state index contributed by atoms with van der Waals surface area (Å²) in [7, 11) is 0. The second-order valence-electron chi connectivity index (χ2n) is 5.91. The summed E-state index contributed by atoms with van der Waals surface area (Å²) < 4.78 is 2.79. The van der Waals surface area contributed by atoms with E-state index in [0.29, 0.717) is 16.5 Å². The molecule has 0 aliphatic carbocycles. The number of thioether (sulfide) groups is 1. The zero-order chi connectivity index (χ0) is 19.9. The number of hydrazone groups is 1. The van der Waals surface area contributed by atoms with Crippen molar-refractivity contribution < 1.29 is 4.79 Å². The molecule has 8 heteroatoms. The predicted octanol–water partition coefficient (Wildman–Crippen LogP) is 4.98. The van der Waals surface area contributed by atoms with Gasteiger partial charge in [-0.3, -0.25) is 4.79 Å². The molecular weight excluding hydrogens is 460 g/mol. The lowest BCUT2D eigenvalue weighted by molar-refractivity contribution is -0.118. The number of amides is 1. The quantitative estimate of drug-likeness (QED) is 0.386. The van der Waals surface area contributed by atoms with Crippen LogP contribution in [-0.2, 0) is 10.5 Å². The lowest BCUT2D eigenvalue weighted by atomic mass is 10.2. The Morgan fingerprint density at radius 1 is 1.25 bits per heavy atom. The molecule has 5 nitrogen and oxygen atoms in total. The Morgan fingerprint density at radius 3 is 2.71 bits per heavy atom. The molecule has 0 atom stereocenters. The van der Waals surface area contributed by atoms with Gasteiger partial charge >= 0.3 is 0 Å². The van der Waals surface area contributed by atoms with Gasteiger partial charge in [0.2, 0.25) is 5.91 Å². The van der Waals surface area contributed by atoms with Crippen LogP contribution in [0.5, 0.6) is 0 Å². The normalized spacial score (nSPS) is 11.1. The summed E-state index contributed by atoms with van der Waals surface area (Å²) >= 11 is 11.3. The third-order valence-corrected chi connectivity index (χ3v) is 5.98. The van der Waals surface area contributed by atoms with Crippen molar-refractivity contribution in [1.29, 1.82) is 0 Å². The van der Waals surface area contributed by atoms with Gasteiger partial charge in [-0.05, 0) is 30.7 Å². The van der Waals surface area contributed by atoms with Gasteiger partial charge in [-0.15, -0.1) is 11.8 Å². The van der Waals surface area contributed by atoms with Gasteiger partial charge in [-0.2, -0.15) is 10.2 Å². The van der Waals surface area contributed by atoms with Gasteiger partial charge in [-0.1, -0.05) is 63.9 Å². The molecule has 1 heterocycles. The van der Waals surface area contributed by atoms with E-state index in [1.165, 1.54) is 18.0 Å². The van der Waals surface area contributed by atoms with Crippen LogP contribution in [0.15, 0.2) is 64.2 Å². The van der Waals surface area contributed by atoms with Crippen LogP contribution in [0.1, 0.15) is 16.8 Å². The van der Waals surface area contributed by atoms with Crippen molar-refractivity contribution in [1.82, 2.24) is 15.2 Å². The van der Waals surface area contributed by atoms with Crippen LogP contribution in [0.25, 0.3) is 5.69 Å². The number of halogens is 2. The van der Waals surface area contributed by atoms with Crippen molar-refractivity contribution in [2.45, 2.75) is 12.7 Å². The van der Waals surface area contributed by atoms with Gasteiger partial charge in [0, 0.05) is 10.2 Å². The topological polar surface area (TPSA) is 59.3 Å². The number of nitrogens with zero attached hydrogens (tertiary/aromatic N) is 3. The highest BCUT2D eigenvalue weighted by atomic mass is 79.9. The maximum Gasteiger partial charge on any atom is 0.250 e. The number of carbonyl (C=O) groups excluding carboxylic acids is 1. The standard InChI is InChI=1S/C20H18BrClN4OS/c1-14-17(20(22)25-26(14)16-8-3-2-4-9-16)11-23-24-19(27)13-28-12-15-7-5-6-10-18(15)21/h2-11H,12-13H2,1H3,(H,24,27)/b23-11-. The maximum atomic E-state index is 12.0. The summed E-state index contributed by atoms with van der Waals surface area (Å²) in [5.41, 5.74) is 6.12. The third kappa shape index (κ3) is 5.25. The van der Waals surface area contributed by atoms with Crippen LogP contribution in [0, 0.1) is 6.92 Å². The minimum Gasteiger partial charge on any atom is -0.272 e. The van der Waals surface area contributed by atoms with Crippen molar-refractivity contribution >= 4 is 51.4 Å². The first-order valence-electron chi connectivity index (χ1n) is 8.50. The molecule has 1 aromatic heterocycles. The van der Waals surface area contributed by atoms with Crippen LogP contribution < -0.4 is 5.43 Å². The average molecular weight is 478 g/mol. The molecule has 0 aliphatic rings. The molecule has 1 amide bonds. The lowest BCUT2D eigenvalue weighted by Gasteiger charge is -2.04. The number of rotatable bonds is 7. The molecule has 144 valence electrons. The van der Waals surface area contributed by atoms with E-state index in [4.69, 9.17) is 11.6 Å². The molecule has 28 heavy (non-hydrogen) atoms. The first kappa shape index (κ1) is 20.6. The molecule has 0 bridgehead atoms. The zero-order valence-corrected chi connectivity index (χ0v) is 18.3. The molecule has 0 radical (unpaired) electrons. The molecule has 1 N–H and O–H groups in total. The minimum absolute atomic E-state index is 0.169. The van der Waals surface area contributed by atoms with Gasteiger partial charge in [0.15, 0.2) is 5.15 Å². The van der Waals surface area contributed by atoms with E-state index in [-0.39, 0.29) is 5.91 Å². The number of hydrogen-bond donors (Lipinski definition) is 1. The maximum absolute atomic E-state index is 12.0. The van der Waals surface area contributed by atoms with Crippen LogP contribution >= 0.6 is 39.3 Å². The van der Waals surface area contributed by atoms with Crippen molar-refractivity contribution in [3.8, 4) is 5.69 Å². The first-order chi connectivity index (χ1) is 13.6. The molecule has 3 aromatic rings. The molecule has 3 rings (SSSR count). The van der Waals surface area contributed by atoms with E-state index in [1.807, 2.05) is 61.5 Å². The smallest absolute Gasteiger partial charge is 0.250 e. The Balaban J connectivity index is 1.55. The Bertz CT molecular complexity index is 991. The van der Waals surface area contributed by atoms with E-state index in [9.17, 15) is 4.79 Å². The van der Waals surface area contributed by atoms with Crippen LogP contribution in [0.3, 0.4) is 0 Å². The summed E-state index contributed by atoms with van der Waals surface area (Å²) in [5.74, 6) is 0.889. The molecule has 0 fully saturated rings. The molecular formula is C20H18BrClN4OS. The summed E-state index contributed by atoms with van der Waals surface area (Å²) in [6.07, 6.45) is 1.53. The van der Waals surface area contributed by atoms with Crippen molar-refractivity contribution in [3.63, 3.8) is 0 Å². The Morgan fingerprint density at radius 2 is 1.96 bits per heavy atom. The zero-order valence-electron chi connectivity index (χ0n) is 15.1. The largest absolute Gasteiger partial charge is 0.272 e. The molecule has 0 aliphatic heterocycles. The highest BCUT2D eigenvalue weighted by Crippen LogP contribution is 2.22. The number of para-hydroxylation sites is 1. The van der Waals surface area contributed by atoms with E-state index < -0.39 is 0 Å². The summed E-state index contributed by atoms with van der Waals surface area (Å²) in [6, 6.07) is 17.7. The number of carbonyl (C=O) groups is 1. The summed E-state index contributed by atoms with van der Waals surface area (Å²) in [4.78, 5) is 12.0. The van der Waals surface area contributed by atoms with Gasteiger partial charge < -0.3 is 0 Å². The van der Waals surface area contributed by atoms with Crippen molar-refractivity contribution in [2.24, 2.45) is 5.10 Å². The number of benzene rings is 2. The minimum atomic E-state index is -0.169. The fourth-order valence-corrected chi connectivity index (χ4v) is 4.21. The fraction of sp³-hybridized carbons (Fsp3) is 0.150. The first-order valence-corrected chi connectivity index (χ1v) is 10.8.